The lowest BCUT2D eigenvalue weighted by molar-refractivity contribution is 0.220. The van der Waals surface area contributed by atoms with Crippen LogP contribution < -0.4 is 5.73 Å². The van der Waals surface area contributed by atoms with E-state index in [-0.39, 0.29) is 0 Å². The van der Waals surface area contributed by atoms with Crippen LogP contribution in [0.5, 0.6) is 0 Å². The standard InChI is InChI=1S/C13H20BrN3/c1-8-10(14)11(15)17-12(16-8)9-4-6-13(2,3)7-5-9/h9H,4-7H2,1-3H3,(H2,15,16,17). The summed E-state index contributed by atoms with van der Waals surface area (Å²) in [6, 6.07) is 0. The fourth-order valence-electron chi connectivity index (χ4n) is 2.44. The van der Waals surface area contributed by atoms with Crippen LogP contribution in [0.2, 0.25) is 0 Å². The summed E-state index contributed by atoms with van der Waals surface area (Å²) in [7, 11) is 0. The summed E-state index contributed by atoms with van der Waals surface area (Å²) in [6.45, 7) is 6.65. The van der Waals surface area contributed by atoms with Crippen molar-refractivity contribution in [2.24, 2.45) is 5.41 Å². The van der Waals surface area contributed by atoms with Crippen molar-refractivity contribution >= 4 is 21.7 Å². The van der Waals surface area contributed by atoms with Gasteiger partial charge in [-0.2, -0.15) is 0 Å². The summed E-state index contributed by atoms with van der Waals surface area (Å²) < 4.78 is 0.831. The first-order valence-corrected chi connectivity index (χ1v) is 6.98. The van der Waals surface area contributed by atoms with Crippen molar-refractivity contribution in [3.63, 3.8) is 0 Å². The number of aromatic nitrogens is 2. The van der Waals surface area contributed by atoms with Crippen LogP contribution in [0.25, 0.3) is 0 Å². The molecule has 4 heteroatoms. The Bertz CT molecular complexity index is 396. The van der Waals surface area contributed by atoms with Gasteiger partial charge in [0.2, 0.25) is 0 Å². The van der Waals surface area contributed by atoms with E-state index in [0.29, 0.717) is 17.2 Å². The number of hydrogen-bond acceptors (Lipinski definition) is 3. The predicted molar refractivity (Wildman–Crippen MR) is 73.9 cm³/mol. The summed E-state index contributed by atoms with van der Waals surface area (Å²) >= 11 is 3.41. The van der Waals surface area contributed by atoms with Crippen molar-refractivity contribution in [3.8, 4) is 0 Å². The zero-order valence-corrected chi connectivity index (χ0v) is 12.3. The molecule has 1 aromatic rings. The normalized spacial score (nSPS) is 20.5. The largest absolute Gasteiger partial charge is 0.383 e. The first-order chi connectivity index (χ1) is 7.89. The number of anilines is 1. The van der Waals surface area contributed by atoms with E-state index in [1.54, 1.807) is 0 Å². The average Bonchev–Trinajstić information content (AvgIpc) is 2.25. The van der Waals surface area contributed by atoms with Crippen LogP contribution in [-0.2, 0) is 0 Å². The zero-order chi connectivity index (χ0) is 12.6. The first-order valence-electron chi connectivity index (χ1n) is 6.18. The summed E-state index contributed by atoms with van der Waals surface area (Å²) in [5.41, 5.74) is 7.30. The smallest absolute Gasteiger partial charge is 0.141 e. The van der Waals surface area contributed by atoms with Gasteiger partial charge in [0, 0.05) is 5.92 Å². The van der Waals surface area contributed by atoms with E-state index in [2.05, 4.69) is 39.7 Å². The molecule has 2 N–H and O–H groups in total. The molecule has 3 nitrogen and oxygen atoms in total. The van der Waals surface area contributed by atoms with Crippen molar-refractivity contribution in [1.29, 1.82) is 0 Å². The van der Waals surface area contributed by atoms with Gasteiger partial charge >= 0.3 is 0 Å². The molecule has 1 aromatic heterocycles. The Morgan fingerprint density at radius 3 is 2.35 bits per heavy atom. The van der Waals surface area contributed by atoms with Crippen LogP contribution in [0.4, 0.5) is 5.82 Å². The predicted octanol–water partition coefficient (Wildman–Crippen LogP) is 3.81. The maximum Gasteiger partial charge on any atom is 0.141 e. The van der Waals surface area contributed by atoms with Crippen molar-refractivity contribution in [2.75, 3.05) is 5.73 Å². The third-order valence-electron chi connectivity index (χ3n) is 3.76. The van der Waals surface area contributed by atoms with Crippen molar-refractivity contribution < 1.29 is 0 Å². The minimum atomic E-state index is 0.479. The minimum absolute atomic E-state index is 0.479. The Kier molecular flexibility index (Phi) is 3.43. The molecule has 0 bridgehead atoms. The van der Waals surface area contributed by atoms with Crippen LogP contribution in [0, 0.1) is 12.3 Å². The molecule has 0 saturated heterocycles. The van der Waals surface area contributed by atoms with Gasteiger partial charge in [0.1, 0.15) is 11.6 Å². The molecule has 0 atom stereocenters. The summed E-state index contributed by atoms with van der Waals surface area (Å²) in [5.74, 6) is 1.98. The second-order valence-corrected chi connectivity index (χ2v) is 6.60. The van der Waals surface area contributed by atoms with Gasteiger partial charge in [-0.25, -0.2) is 9.97 Å². The average molecular weight is 298 g/mol. The number of nitrogens with two attached hydrogens (primary N) is 1. The minimum Gasteiger partial charge on any atom is -0.383 e. The quantitative estimate of drug-likeness (QED) is 0.857. The highest BCUT2D eigenvalue weighted by atomic mass is 79.9. The van der Waals surface area contributed by atoms with Gasteiger partial charge in [-0.15, -0.1) is 0 Å². The van der Waals surface area contributed by atoms with E-state index < -0.39 is 0 Å². The number of nitrogen functional groups attached to an aromatic ring is 1. The summed E-state index contributed by atoms with van der Waals surface area (Å²) in [4.78, 5) is 8.99. The molecule has 1 aliphatic rings. The fourth-order valence-corrected chi connectivity index (χ4v) is 2.62. The van der Waals surface area contributed by atoms with Gasteiger partial charge < -0.3 is 5.73 Å². The SMILES string of the molecule is Cc1nc(C2CCC(C)(C)CC2)nc(N)c1Br. The molecule has 0 aliphatic heterocycles. The van der Waals surface area contributed by atoms with E-state index in [1.807, 2.05) is 6.92 Å². The van der Waals surface area contributed by atoms with Gasteiger partial charge in [-0.1, -0.05) is 13.8 Å². The van der Waals surface area contributed by atoms with Crippen molar-refractivity contribution in [3.05, 3.63) is 16.0 Å². The first kappa shape index (κ1) is 12.8. The maximum atomic E-state index is 5.88. The van der Waals surface area contributed by atoms with Gasteiger partial charge in [0.05, 0.1) is 10.2 Å². The monoisotopic (exact) mass is 297 g/mol. The van der Waals surface area contributed by atoms with E-state index in [9.17, 15) is 0 Å². The molecule has 17 heavy (non-hydrogen) atoms. The van der Waals surface area contributed by atoms with Crippen LogP contribution >= 0.6 is 15.9 Å². The molecule has 0 amide bonds. The molecule has 1 heterocycles. The highest BCUT2D eigenvalue weighted by Crippen LogP contribution is 2.41. The fraction of sp³-hybridized carbons (Fsp3) is 0.692. The molecule has 1 saturated carbocycles. The molecule has 1 aliphatic carbocycles. The third kappa shape index (κ3) is 2.79. The lowest BCUT2D eigenvalue weighted by Crippen LogP contribution is -2.21. The zero-order valence-electron chi connectivity index (χ0n) is 10.8. The number of aryl methyl sites for hydroxylation is 1. The Morgan fingerprint density at radius 2 is 1.82 bits per heavy atom. The molecule has 0 radical (unpaired) electrons. The van der Waals surface area contributed by atoms with E-state index in [1.165, 1.54) is 25.7 Å². The van der Waals surface area contributed by atoms with Gasteiger partial charge in [0.25, 0.3) is 0 Å². The van der Waals surface area contributed by atoms with Crippen LogP contribution in [0.15, 0.2) is 4.47 Å². The highest BCUT2D eigenvalue weighted by Gasteiger charge is 2.29. The van der Waals surface area contributed by atoms with E-state index in [0.717, 1.165) is 16.0 Å². The molecule has 1 fully saturated rings. The second kappa shape index (κ2) is 4.56. The molecule has 0 unspecified atom stereocenters. The van der Waals surface area contributed by atoms with Crippen LogP contribution in [0.3, 0.4) is 0 Å². The number of hydrogen-bond donors (Lipinski definition) is 1. The Labute approximate surface area is 111 Å². The van der Waals surface area contributed by atoms with Gasteiger partial charge in [-0.3, -0.25) is 0 Å². The molecule has 94 valence electrons. The lowest BCUT2D eigenvalue weighted by atomic mass is 9.73. The number of rotatable bonds is 1. The van der Waals surface area contributed by atoms with Gasteiger partial charge in [-0.05, 0) is 54.0 Å². The van der Waals surface area contributed by atoms with Gasteiger partial charge in [0.15, 0.2) is 0 Å². The Balaban J connectivity index is 2.19. The molecule has 2 rings (SSSR count). The topological polar surface area (TPSA) is 51.8 Å². The number of halogens is 1. The maximum absolute atomic E-state index is 5.88. The Hall–Kier alpha value is -0.640. The number of nitrogens with zero attached hydrogens (tertiary/aromatic N) is 2. The summed E-state index contributed by atoms with van der Waals surface area (Å²) in [5, 5.41) is 0. The molecule has 0 aromatic carbocycles. The molecular weight excluding hydrogens is 278 g/mol. The van der Waals surface area contributed by atoms with Crippen molar-refractivity contribution in [2.45, 2.75) is 52.4 Å². The van der Waals surface area contributed by atoms with E-state index >= 15 is 0 Å². The highest BCUT2D eigenvalue weighted by molar-refractivity contribution is 9.10. The van der Waals surface area contributed by atoms with E-state index in [4.69, 9.17) is 5.73 Å². The molecular formula is C13H20BrN3. The van der Waals surface area contributed by atoms with Crippen LogP contribution in [0.1, 0.15) is 57.0 Å². The van der Waals surface area contributed by atoms with Crippen LogP contribution in [-0.4, -0.2) is 9.97 Å². The third-order valence-corrected chi connectivity index (χ3v) is 4.74. The Morgan fingerprint density at radius 1 is 1.24 bits per heavy atom. The lowest BCUT2D eigenvalue weighted by Gasteiger charge is -2.33. The second-order valence-electron chi connectivity index (χ2n) is 5.80. The van der Waals surface area contributed by atoms with Crippen molar-refractivity contribution in [1.82, 2.24) is 9.97 Å². The summed E-state index contributed by atoms with van der Waals surface area (Å²) in [6.07, 6.45) is 4.84. The molecule has 0 spiro atoms.